The molecule has 0 saturated heterocycles. The van der Waals surface area contributed by atoms with Crippen LogP contribution in [0.4, 0.5) is 0 Å². The van der Waals surface area contributed by atoms with Crippen molar-refractivity contribution >= 4 is 11.9 Å². The van der Waals surface area contributed by atoms with Crippen molar-refractivity contribution in [2.24, 2.45) is 0 Å². The topological polar surface area (TPSA) is 89.5 Å². The zero-order valence-electron chi connectivity index (χ0n) is 18.0. The number of aliphatic hydroxyl groups excluding tert-OH is 1. The molecule has 0 aromatic carbocycles. The first-order chi connectivity index (χ1) is 13.1. The Balaban J connectivity index is 0. The molecule has 1 atom stereocenters. The van der Waals surface area contributed by atoms with E-state index in [9.17, 15) is 19.8 Å². The first kappa shape index (κ1) is 29.6. The van der Waals surface area contributed by atoms with E-state index in [1.54, 1.807) is 0 Å². The number of rotatable bonds is 18. The smallest absolute Gasteiger partial charge is 0.548 e. The molecule has 0 spiro atoms. The first-order valence-corrected chi connectivity index (χ1v) is 10.5. The van der Waals surface area contributed by atoms with Gasteiger partial charge in [0.25, 0.3) is 0 Å². The number of carboxylic acids is 1. The number of aliphatic hydroxyl groups is 1. The van der Waals surface area contributed by atoms with Gasteiger partial charge in [0.2, 0.25) is 5.91 Å². The summed E-state index contributed by atoms with van der Waals surface area (Å²) in [6.45, 7) is 1.60. The van der Waals surface area contributed by atoms with Crippen LogP contribution in [0.1, 0.15) is 90.4 Å². The van der Waals surface area contributed by atoms with E-state index in [1.165, 1.54) is 32.1 Å². The van der Waals surface area contributed by atoms with Crippen molar-refractivity contribution < 1.29 is 49.4 Å². The fourth-order valence-corrected chi connectivity index (χ4v) is 2.66. The molecule has 0 bridgehead atoms. The summed E-state index contributed by atoms with van der Waals surface area (Å²) in [6, 6.07) is 0. The third-order valence-electron chi connectivity index (χ3n) is 4.42. The summed E-state index contributed by atoms with van der Waals surface area (Å²) in [5.74, 6) is -1.50. The number of carbonyl (C=O) groups excluding carboxylic acids is 2. The molecule has 1 unspecified atom stereocenters. The van der Waals surface area contributed by atoms with E-state index in [2.05, 4.69) is 29.6 Å². The molecule has 1 amide bonds. The van der Waals surface area contributed by atoms with Gasteiger partial charge < -0.3 is 20.3 Å². The molecule has 0 heterocycles. The van der Waals surface area contributed by atoms with Crippen molar-refractivity contribution in [1.29, 1.82) is 0 Å². The predicted octanol–water partition coefficient (Wildman–Crippen LogP) is 0.421. The molecule has 0 rings (SSSR count). The normalized spacial score (nSPS) is 12.2. The second-order valence-corrected chi connectivity index (χ2v) is 6.97. The van der Waals surface area contributed by atoms with Gasteiger partial charge in [-0.3, -0.25) is 4.79 Å². The van der Waals surface area contributed by atoms with Gasteiger partial charge >= 0.3 is 29.6 Å². The molecule has 5 nitrogen and oxygen atoms in total. The molecular formula is C22H38NNaO4. The van der Waals surface area contributed by atoms with Crippen molar-refractivity contribution in [3.63, 3.8) is 0 Å². The minimum absolute atomic E-state index is 0. The van der Waals surface area contributed by atoms with Crippen LogP contribution in [-0.4, -0.2) is 29.6 Å². The second kappa shape index (κ2) is 22.7. The largest absolute Gasteiger partial charge is 1.00 e. The number of hydrogen-bond donors (Lipinski definition) is 2. The number of amides is 1. The Morgan fingerprint density at radius 1 is 0.893 bits per heavy atom. The monoisotopic (exact) mass is 403 g/mol. The maximum Gasteiger partial charge on any atom is 1.00 e. The summed E-state index contributed by atoms with van der Waals surface area (Å²) in [4.78, 5) is 21.5. The van der Waals surface area contributed by atoms with Crippen molar-refractivity contribution in [3.05, 3.63) is 24.3 Å². The third-order valence-corrected chi connectivity index (χ3v) is 4.42. The van der Waals surface area contributed by atoms with Gasteiger partial charge in [-0.15, -0.1) is 0 Å². The van der Waals surface area contributed by atoms with Crippen LogP contribution in [0, 0.1) is 0 Å². The molecule has 6 heteroatoms. The van der Waals surface area contributed by atoms with Gasteiger partial charge in [-0.1, -0.05) is 50.5 Å². The van der Waals surface area contributed by atoms with Gasteiger partial charge in [0.15, 0.2) is 0 Å². The average molecular weight is 404 g/mol. The van der Waals surface area contributed by atoms with Crippen LogP contribution in [0.5, 0.6) is 0 Å². The van der Waals surface area contributed by atoms with Crippen LogP contribution in [0.3, 0.4) is 0 Å². The summed E-state index contributed by atoms with van der Waals surface area (Å²) < 4.78 is 0. The van der Waals surface area contributed by atoms with E-state index in [0.29, 0.717) is 6.42 Å². The quantitative estimate of drug-likeness (QED) is 0.197. The number of carbonyl (C=O) groups is 2. The SMILES string of the molecule is CCC(O)CC/C=C\CCCCCCC/C=C\CCCC(=O)NCC(=O)[O-].[Na+]. The van der Waals surface area contributed by atoms with Gasteiger partial charge in [-0.05, 0) is 57.8 Å². The zero-order chi connectivity index (χ0) is 20.2. The molecule has 0 saturated carbocycles. The molecule has 0 aromatic rings. The van der Waals surface area contributed by atoms with E-state index in [4.69, 9.17) is 0 Å². The maximum absolute atomic E-state index is 11.3. The van der Waals surface area contributed by atoms with Gasteiger partial charge in [0.1, 0.15) is 0 Å². The van der Waals surface area contributed by atoms with E-state index >= 15 is 0 Å². The van der Waals surface area contributed by atoms with Crippen LogP contribution in [0.25, 0.3) is 0 Å². The molecule has 0 aliphatic rings. The molecule has 0 fully saturated rings. The predicted molar refractivity (Wildman–Crippen MR) is 108 cm³/mol. The van der Waals surface area contributed by atoms with E-state index in [0.717, 1.165) is 44.9 Å². The van der Waals surface area contributed by atoms with Crippen molar-refractivity contribution in [1.82, 2.24) is 5.32 Å². The fraction of sp³-hybridized carbons (Fsp3) is 0.727. The van der Waals surface area contributed by atoms with Crippen LogP contribution in [-0.2, 0) is 9.59 Å². The van der Waals surface area contributed by atoms with Gasteiger partial charge in [0, 0.05) is 6.42 Å². The minimum atomic E-state index is -1.26. The van der Waals surface area contributed by atoms with Crippen LogP contribution >= 0.6 is 0 Å². The number of allylic oxidation sites excluding steroid dienone is 4. The number of aliphatic carboxylic acids is 1. The molecule has 0 aliphatic heterocycles. The van der Waals surface area contributed by atoms with Crippen molar-refractivity contribution in [3.8, 4) is 0 Å². The summed E-state index contributed by atoms with van der Waals surface area (Å²) in [5.41, 5.74) is 0. The van der Waals surface area contributed by atoms with Crippen LogP contribution in [0.15, 0.2) is 24.3 Å². The van der Waals surface area contributed by atoms with Crippen LogP contribution < -0.4 is 40.0 Å². The number of hydrogen-bond acceptors (Lipinski definition) is 4. The number of carboxylic acid groups (broad SMARTS) is 1. The van der Waals surface area contributed by atoms with Crippen molar-refractivity contribution in [2.45, 2.75) is 96.5 Å². The summed E-state index contributed by atoms with van der Waals surface area (Å²) in [5, 5.41) is 21.9. The first-order valence-electron chi connectivity index (χ1n) is 10.5. The Morgan fingerprint density at radius 2 is 1.39 bits per heavy atom. The Labute approximate surface area is 193 Å². The van der Waals surface area contributed by atoms with Crippen LogP contribution in [0.2, 0.25) is 0 Å². The van der Waals surface area contributed by atoms with E-state index in [-0.39, 0.29) is 41.6 Å². The summed E-state index contributed by atoms with van der Waals surface area (Å²) in [7, 11) is 0. The summed E-state index contributed by atoms with van der Waals surface area (Å²) in [6.07, 6.45) is 21.6. The maximum atomic E-state index is 11.3. The Bertz CT molecular complexity index is 438. The van der Waals surface area contributed by atoms with E-state index in [1.807, 2.05) is 6.92 Å². The number of nitrogens with one attached hydrogen (secondary N) is 1. The Hall–Kier alpha value is -0.620. The Morgan fingerprint density at radius 3 is 1.93 bits per heavy atom. The molecular weight excluding hydrogens is 365 g/mol. The molecule has 156 valence electrons. The Kier molecular flexibility index (Phi) is 23.9. The molecule has 0 aromatic heterocycles. The standard InChI is InChI=1S/C22H39NO4.Na/c1-2-20(24)17-15-13-11-9-7-5-3-4-6-8-10-12-14-16-18-21(25)23-19-22(26)27;/h10-13,20,24H,2-9,14-19H2,1H3,(H,23,25)(H,26,27);/q;+1/p-1/b12-10-,13-11-;. The average Bonchev–Trinajstić information content (AvgIpc) is 2.65. The molecule has 2 N–H and O–H groups in total. The molecule has 28 heavy (non-hydrogen) atoms. The zero-order valence-corrected chi connectivity index (χ0v) is 20.0. The fourth-order valence-electron chi connectivity index (χ4n) is 2.66. The van der Waals surface area contributed by atoms with Gasteiger partial charge in [-0.25, -0.2) is 0 Å². The van der Waals surface area contributed by atoms with Gasteiger partial charge in [-0.2, -0.15) is 0 Å². The number of unbranched alkanes of at least 4 members (excludes halogenated alkanes) is 7. The molecule has 0 radical (unpaired) electrons. The molecule has 0 aliphatic carbocycles. The minimum Gasteiger partial charge on any atom is -0.548 e. The second-order valence-electron chi connectivity index (χ2n) is 6.97. The van der Waals surface area contributed by atoms with Crippen molar-refractivity contribution in [2.75, 3.05) is 6.54 Å². The summed E-state index contributed by atoms with van der Waals surface area (Å²) >= 11 is 0. The van der Waals surface area contributed by atoms with E-state index < -0.39 is 12.5 Å². The van der Waals surface area contributed by atoms with Gasteiger partial charge in [0.05, 0.1) is 18.6 Å². The third kappa shape index (κ3) is 23.4.